The predicted molar refractivity (Wildman–Crippen MR) is 153 cm³/mol. The van der Waals surface area contributed by atoms with Crippen LogP contribution in [-0.4, -0.2) is 84.4 Å². The second-order valence-electron chi connectivity index (χ2n) is 10.7. The SMILES string of the molecule is CCCCCC(=O)C(CCCCN)(NC(=O)[C@@]1(CCCCC(=O)O)SC[C@@H]2NC(=O)N[C@@H]21)C(=O)On1c(O)ccc1O. The van der Waals surface area contributed by atoms with Crippen LogP contribution in [0.25, 0.3) is 0 Å². The summed E-state index contributed by atoms with van der Waals surface area (Å²) in [7, 11) is 0. The van der Waals surface area contributed by atoms with Crippen LogP contribution in [-0.2, 0) is 19.2 Å². The molecule has 2 aliphatic heterocycles. The molecule has 1 aromatic heterocycles. The van der Waals surface area contributed by atoms with E-state index in [1.807, 2.05) is 6.92 Å². The maximum absolute atomic E-state index is 14.4. The molecule has 0 radical (unpaired) electrons. The Kier molecular flexibility index (Phi) is 11.5. The molecule has 0 aliphatic carbocycles. The van der Waals surface area contributed by atoms with Crippen molar-refractivity contribution >= 4 is 41.4 Å². The number of carboxylic acid groups (broad SMARTS) is 1. The molecule has 1 aromatic rings. The summed E-state index contributed by atoms with van der Waals surface area (Å²) in [5.41, 5.74) is 3.50. The number of carboxylic acids is 1. The van der Waals surface area contributed by atoms with Gasteiger partial charge in [-0.25, -0.2) is 9.59 Å². The minimum absolute atomic E-state index is 0.0431. The summed E-state index contributed by atoms with van der Waals surface area (Å²) in [6.07, 6.45) is 3.19. The Morgan fingerprint density at radius 1 is 1.10 bits per heavy atom. The standard InChI is InChI=1S/C27H41N5O9S/c1-2-3-4-9-18(33)26(13-7-8-15-28,24(39)41-32-19(34)11-12-20(32)35)31-23(38)27(14-6-5-10-21(36)37)22-17(16-42-27)29-25(40)30-22/h11-12,17,22,34-35H,2-10,13-16,28H2,1H3,(H,31,38)(H,36,37)(H2,29,30,40)/t17-,22-,26?,27-/m0/s1. The van der Waals surface area contributed by atoms with Gasteiger partial charge in [-0.2, -0.15) is 0 Å². The summed E-state index contributed by atoms with van der Waals surface area (Å²) >= 11 is 1.27. The first kappa shape index (κ1) is 33.0. The van der Waals surface area contributed by atoms with Crippen molar-refractivity contribution in [1.82, 2.24) is 20.7 Å². The number of rotatable bonds is 18. The molecule has 0 saturated carbocycles. The number of nitrogens with one attached hydrogen (secondary N) is 3. The lowest BCUT2D eigenvalue weighted by molar-refractivity contribution is -0.160. The number of nitrogens with two attached hydrogens (primary N) is 1. The molecule has 0 spiro atoms. The van der Waals surface area contributed by atoms with Gasteiger partial charge in [0, 0.05) is 30.7 Å². The number of hydrogen-bond donors (Lipinski definition) is 7. The number of aromatic hydroxyl groups is 2. The monoisotopic (exact) mass is 611 g/mol. The minimum atomic E-state index is -2.19. The van der Waals surface area contributed by atoms with Crippen LogP contribution in [0.5, 0.6) is 11.8 Å². The van der Waals surface area contributed by atoms with Crippen molar-refractivity contribution < 1.29 is 44.1 Å². The van der Waals surface area contributed by atoms with Gasteiger partial charge in [0.05, 0.1) is 12.1 Å². The van der Waals surface area contributed by atoms with Crippen LogP contribution in [0, 0.1) is 0 Å². The van der Waals surface area contributed by atoms with Gasteiger partial charge >= 0.3 is 18.0 Å². The Hall–Kier alpha value is -3.46. The van der Waals surface area contributed by atoms with Crippen LogP contribution >= 0.6 is 11.8 Å². The first-order chi connectivity index (χ1) is 20.0. The molecule has 14 nitrogen and oxygen atoms in total. The van der Waals surface area contributed by atoms with E-state index < -0.39 is 57.7 Å². The number of aliphatic carboxylic acids is 1. The van der Waals surface area contributed by atoms with Crippen LogP contribution in [0.4, 0.5) is 4.79 Å². The minimum Gasteiger partial charge on any atom is -0.492 e. The zero-order valence-corrected chi connectivity index (χ0v) is 24.5. The van der Waals surface area contributed by atoms with Gasteiger partial charge in [0.1, 0.15) is 4.75 Å². The fourth-order valence-corrected chi connectivity index (χ4v) is 7.06. The lowest BCUT2D eigenvalue weighted by atomic mass is 9.82. The number of nitrogens with zero attached hydrogens (tertiary/aromatic N) is 1. The number of hydrogen-bond acceptors (Lipinski definition) is 10. The molecular weight excluding hydrogens is 570 g/mol. The zero-order chi connectivity index (χ0) is 30.9. The molecule has 15 heteroatoms. The number of fused-ring (bicyclic) bond motifs is 1. The number of thioether (sulfide) groups is 1. The molecule has 2 aliphatic rings. The van der Waals surface area contributed by atoms with Crippen molar-refractivity contribution in [3.63, 3.8) is 0 Å². The highest BCUT2D eigenvalue weighted by atomic mass is 32.2. The third kappa shape index (κ3) is 7.30. The molecular formula is C27H41N5O9S. The molecule has 0 aromatic carbocycles. The van der Waals surface area contributed by atoms with Crippen LogP contribution in [0.15, 0.2) is 12.1 Å². The molecule has 8 N–H and O–H groups in total. The van der Waals surface area contributed by atoms with E-state index in [0.717, 1.165) is 18.6 Å². The van der Waals surface area contributed by atoms with Crippen LogP contribution < -0.4 is 26.5 Å². The molecule has 2 saturated heterocycles. The zero-order valence-electron chi connectivity index (χ0n) is 23.7. The first-order valence-corrected chi connectivity index (χ1v) is 15.3. The number of aromatic nitrogens is 1. The van der Waals surface area contributed by atoms with E-state index in [9.17, 15) is 34.2 Å². The van der Waals surface area contributed by atoms with E-state index in [1.54, 1.807) is 0 Å². The van der Waals surface area contributed by atoms with Crippen molar-refractivity contribution in [3.8, 4) is 11.8 Å². The van der Waals surface area contributed by atoms with Crippen LogP contribution in [0.1, 0.15) is 77.6 Å². The van der Waals surface area contributed by atoms with Gasteiger partial charge < -0.3 is 41.8 Å². The van der Waals surface area contributed by atoms with Crippen LogP contribution in [0.2, 0.25) is 0 Å². The summed E-state index contributed by atoms with van der Waals surface area (Å²) in [6.45, 7) is 2.23. The van der Waals surface area contributed by atoms with Gasteiger partial charge in [0.15, 0.2) is 11.3 Å². The Bertz CT molecular complexity index is 1140. The maximum Gasteiger partial charge on any atom is 0.366 e. The number of amides is 3. The van der Waals surface area contributed by atoms with Gasteiger partial charge in [-0.05, 0) is 45.1 Å². The van der Waals surface area contributed by atoms with Gasteiger partial charge in [0.2, 0.25) is 17.7 Å². The summed E-state index contributed by atoms with van der Waals surface area (Å²) in [5.74, 6) is -4.23. The normalized spacial score (nSPS) is 22.5. The third-order valence-electron chi connectivity index (χ3n) is 7.74. The molecule has 42 heavy (non-hydrogen) atoms. The maximum atomic E-state index is 14.4. The largest absolute Gasteiger partial charge is 0.492 e. The van der Waals surface area contributed by atoms with E-state index in [1.165, 1.54) is 11.8 Å². The number of unbranched alkanes of at least 4 members (excludes halogenated alkanes) is 4. The highest BCUT2D eigenvalue weighted by Crippen LogP contribution is 2.45. The molecule has 1 unspecified atom stereocenters. The Morgan fingerprint density at radius 3 is 2.43 bits per heavy atom. The predicted octanol–water partition coefficient (Wildman–Crippen LogP) is 1.17. The lowest BCUT2D eigenvalue weighted by Crippen LogP contribution is -2.67. The van der Waals surface area contributed by atoms with Gasteiger partial charge in [-0.3, -0.25) is 14.4 Å². The van der Waals surface area contributed by atoms with Crippen molar-refractivity contribution in [2.45, 2.75) is 99.9 Å². The third-order valence-corrected chi connectivity index (χ3v) is 9.42. The smallest absolute Gasteiger partial charge is 0.366 e. The second-order valence-corrected chi connectivity index (χ2v) is 12.1. The lowest BCUT2D eigenvalue weighted by Gasteiger charge is -2.38. The highest BCUT2D eigenvalue weighted by molar-refractivity contribution is 8.01. The number of carbonyl (C=O) groups excluding carboxylic acids is 4. The fraction of sp³-hybridized carbons (Fsp3) is 0.667. The summed E-state index contributed by atoms with van der Waals surface area (Å²) in [6, 6.07) is 0.677. The molecule has 0 bridgehead atoms. The van der Waals surface area contributed by atoms with Gasteiger partial charge in [0.25, 0.3) is 0 Å². The second kappa shape index (κ2) is 14.6. The van der Waals surface area contributed by atoms with Crippen LogP contribution in [0.3, 0.4) is 0 Å². The van der Waals surface area contributed by atoms with Crippen molar-refractivity contribution in [2.24, 2.45) is 5.73 Å². The van der Waals surface area contributed by atoms with E-state index in [-0.39, 0.29) is 51.1 Å². The van der Waals surface area contributed by atoms with Crippen molar-refractivity contribution in [3.05, 3.63) is 12.1 Å². The quantitative estimate of drug-likeness (QED) is 0.0709. The van der Waals surface area contributed by atoms with E-state index in [2.05, 4.69) is 16.0 Å². The Labute approximate surface area is 248 Å². The molecule has 4 atom stereocenters. The summed E-state index contributed by atoms with van der Waals surface area (Å²) in [5, 5.41) is 37.6. The van der Waals surface area contributed by atoms with Crippen molar-refractivity contribution in [2.75, 3.05) is 12.3 Å². The van der Waals surface area contributed by atoms with E-state index in [0.29, 0.717) is 36.2 Å². The molecule has 3 heterocycles. The van der Waals surface area contributed by atoms with Gasteiger partial charge in [-0.1, -0.05) is 26.2 Å². The Morgan fingerprint density at radius 2 is 1.79 bits per heavy atom. The number of Topliss-reactive ketones (excluding diaryl/α,β-unsaturated/α-hetero) is 1. The fourth-order valence-electron chi connectivity index (χ4n) is 5.43. The number of carbonyl (C=O) groups is 5. The van der Waals surface area contributed by atoms with E-state index >= 15 is 0 Å². The van der Waals surface area contributed by atoms with Gasteiger partial charge in [-0.15, -0.1) is 16.5 Å². The average Bonchev–Trinajstić information content (AvgIpc) is 3.59. The highest BCUT2D eigenvalue weighted by Gasteiger charge is 2.60. The van der Waals surface area contributed by atoms with Crippen molar-refractivity contribution in [1.29, 1.82) is 0 Å². The summed E-state index contributed by atoms with van der Waals surface area (Å²) in [4.78, 5) is 70.8. The average molecular weight is 612 g/mol. The Balaban J connectivity index is 2.01. The molecule has 3 amide bonds. The molecule has 3 rings (SSSR count). The number of urea groups is 1. The molecule has 234 valence electrons. The summed E-state index contributed by atoms with van der Waals surface area (Å²) < 4.78 is -0.849. The number of ketones is 1. The molecule has 2 fully saturated rings. The van der Waals surface area contributed by atoms with E-state index in [4.69, 9.17) is 15.7 Å². The topological polar surface area (TPSA) is 222 Å². The first-order valence-electron chi connectivity index (χ1n) is 14.3.